The predicted octanol–water partition coefficient (Wildman–Crippen LogP) is 1.73. The van der Waals surface area contributed by atoms with Crippen molar-refractivity contribution in [1.82, 2.24) is 4.72 Å². The quantitative estimate of drug-likeness (QED) is 0.903. The number of nitrogens with zero attached hydrogens (tertiary/aromatic N) is 1. The monoisotopic (exact) mass is 266 g/mol. The van der Waals surface area contributed by atoms with E-state index in [1.807, 2.05) is 12.1 Å². The SMILES string of the molecule is O=S(=O)(NC1CC1)c1ccccc1N1CCCC1. The summed E-state index contributed by atoms with van der Waals surface area (Å²) >= 11 is 0. The zero-order chi connectivity index (χ0) is 12.6. The van der Waals surface area contributed by atoms with Gasteiger partial charge in [-0.2, -0.15) is 0 Å². The van der Waals surface area contributed by atoms with Gasteiger partial charge in [0.05, 0.1) is 5.69 Å². The molecule has 1 aromatic carbocycles. The van der Waals surface area contributed by atoms with E-state index in [-0.39, 0.29) is 6.04 Å². The van der Waals surface area contributed by atoms with Crippen LogP contribution in [0, 0.1) is 0 Å². The summed E-state index contributed by atoms with van der Waals surface area (Å²) < 4.78 is 27.4. The van der Waals surface area contributed by atoms with Crippen LogP contribution in [0.5, 0.6) is 0 Å². The Kier molecular flexibility index (Phi) is 3.03. The minimum atomic E-state index is -3.36. The smallest absolute Gasteiger partial charge is 0.242 e. The number of para-hydroxylation sites is 1. The first kappa shape index (κ1) is 12.0. The molecule has 0 bridgehead atoms. The summed E-state index contributed by atoms with van der Waals surface area (Å²) in [7, 11) is -3.36. The fourth-order valence-corrected chi connectivity index (χ4v) is 3.92. The highest BCUT2D eigenvalue weighted by Gasteiger charge is 2.30. The van der Waals surface area contributed by atoms with Gasteiger partial charge in [-0.1, -0.05) is 12.1 Å². The van der Waals surface area contributed by atoms with E-state index in [4.69, 9.17) is 0 Å². The van der Waals surface area contributed by atoms with Gasteiger partial charge in [0, 0.05) is 19.1 Å². The molecule has 0 aromatic heterocycles. The van der Waals surface area contributed by atoms with Crippen LogP contribution in [0.15, 0.2) is 29.2 Å². The molecule has 1 aromatic rings. The van der Waals surface area contributed by atoms with Crippen molar-refractivity contribution in [3.8, 4) is 0 Å². The number of hydrogen-bond acceptors (Lipinski definition) is 3. The number of rotatable bonds is 4. The average molecular weight is 266 g/mol. The maximum absolute atomic E-state index is 12.3. The molecule has 18 heavy (non-hydrogen) atoms. The van der Waals surface area contributed by atoms with Crippen LogP contribution in [-0.4, -0.2) is 27.5 Å². The summed E-state index contributed by atoms with van der Waals surface area (Å²) in [6.07, 6.45) is 4.21. The van der Waals surface area contributed by atoms with E-state index in [0.29, 0.717) is 4.90 Å². The Morgan fingerprint density at radius 1 is 1.11 bits per heavy atom. The molecule has 1 saturated heterocycles. The lowest BCUT2D eigenvalue weighted by Crippen LogP contribution is -2.28. The van der Waals surface area contributed by atoms with Crippen LogP contribution < -0.4 is 9.62 Å². The lowest BCUT2D eigenvalue weighted by atomic mass is 10.3. The molecular formula is C13H18N2O2S. The van der Waals surface area contributed by atoms with Gasteiger partial charge in [0.25, 0.3) is 0 Å². The second kappa shape index (κ2) is 4.55. The van der Waals surface area contributed by atoms with Crippen molar-refractivity contribution in [2.45, 2.75) is 36.6 Å². The van der Waals surface area contributed by atoms with Crippen molar-refractivity contribution >= 4 is 15.7 Å². The van der Waals surface area contributed by atoms with E-state index >= 15 is 0 Å². The minimum absolute atomic E-state index is 0.154. The van der Waals surface area contributed by atoms with Gasteiger partial charge < -0.3 is 4.90 Å². The summed E-state index contributed by atoms with van der Waals surface area (Å²) in [4.78, 5) is 2.60. The lowest BCUT2D eigenvalue weighted by Gasteiger charge is -2.21. The molecule has 2 fully saturated rings. The van der Waals surface area contributed by atoms with Crippen LogP contribution in [0.4, 0.5) is 5.69 Å². The number of nitrogens with one attached hydrogen (secondary N) is 1. The first-order valence-electron chi connectivity index (χ1n) is 6.53. The molecule has 5 heteroatoms. The van der Waals surface area contributed by atoms with E-state index < -0.39 is 10.0 Å². The standard InChI is InChI=1S/C13H18N2O2S/c16-18(17,14-11-7-8-11)13-6-2-1-5-12(13)15-9-3-4-10-15/h1-2,5-6,11,14H,3-4,7-10H2. The van der Waals surface area contributed by atoms with E-state index in [9.17, 15) is 8.42 Å². The molecule has 0 spiro atoms. The van der Waals surface area contributed by atoms with Crippen LogP contribution >= 0.6 is 0 Å². The first-order valence-corrected chi connectivity index (χ1v) is 8.01. The Bertz CT molecular complexity index is 532. The summed E-state index contributed by atoms with van der Waals surface area (Å²) in [6, 6.07) is 7.47. The molecule has 1 N–H and O–H groups in total. The van der Waals surface area contributed by atoms with Crippen LogP contribution in [0.25, 0.3) is 0 Å². The zero-order valence-electron chi connectivity index (χ0n) is 10.3. The molecule has 1 aliphatic heterocycles. The Balaban J connectivity index is 1.94. The Morgan fingerprint density at radius 3 is 2.44 bits per heavy atom. The molecule has 4 nitrogen and oxygen atoms in total. The van der Waals surface area contributed by atoms with E-state index in [1.54, 1.807) is 12.1 Å². The highest BCUT2D eigenvalue weighted by Crippen LogP contribution is 2.30. The Labute approximate surface area is 108 Å². The third-order valence-electron chi connectivity index (χ3n) is 3.50. The normalized spacial score (nSPS) is 20.3. The molecule has 1 aliphatic carbocycles. The fourth-order valence-electron chi connectivity index (χ4n) is 2.39. The number of anilines is 1. The maximum atomic E-state index is 12.3. The van der Waals surface area contributed by atoms with Crippen LogP contribution in [0.2, 0.25) is 0 Å². The maximum Gasteiger partial charge on any atom is 0.242 e. The molecule has 1 saturated carbocycles. The van der Waals surface area contributed by atoms with Crippen LogP contribution in [0.3, 0.4) is 0 Å². The Hall–Kier alpha value is -1.07. The molecule has 0 amide bonds. The third kappa shape index (κ3) is 2.37. The zero-order valence-corrected chi connectivity index (χ0v) is 11.1. The number of hydrogen-bond donors (Lipinski definition) is 1. The molecular weight excluding hydrogens is 248 g/mol. The van der Waals surface area contributed by atoms with Gasteiger partial charge in [-0.25, -0.2) is 13.1 Å². The summed E-state index contributed by atoms with van der Waals surface area (Å²) in [5.74, 6) is 0. The van der Waals surface area contributed by atoms with Crippen molar-refractivity contribution in [3.05, 3.63) is 24.3 Å². The van der Waals surface area contributed by atoms with Gasteiger partial charge >= 0.3 is 0 Å². The van der Waals surface area contributed by atoms with E-state index in [1.165, 1.54) is 0 Å². The summed E-state index contributed by atoms with van der Waals surface area (Å²) in [6.45, 7) is 1.91. The Morgan fingerprint density at radius 2 is 1.78 bits per heavy atom. The molecule has 98 valence electrons. The van der Waals surface area contributed by atoms with E-state index in [2.05, 4.69) is 9.62 Å². The predicted molar refractivity (Wildman–Crippen MR) is 71.2 cm³/mol. The summed E-state index contributed by atoms with van der Waals surface area (Å²) in [5, 5.41) is 0. The average Bonchev–Trinajstić information content (AvgIpc) is 2.98. The number of sulfonamides is 1. The van der Waals surface area contributed by atoms with Crippen molar-refractivity contribution in [2.75, 3.05) is 18.0 Å². The van der Waals surface area contributed by atoms with Gasteiger partial charge in [-0.15, -0.1) is 0 Å². The minimum Gasteiger partial charge on any atom is -0.370 e. The van der Waals surface area contributed by atoms with Gasteiger partial charge in [0.2, 0.25) is 10.0 Å². The lowest BCUT2D eigenvalue weighted by molar-refractivity contribution is 0.581. The van der Waals surface area contributed by atoms with Crippen molar-refractivity contribution in [2.24, 2.45) is 0 Å². The van der Waals surface area contributed by atoms with Gasteiger partial charge in [0.15, 0.2) is 0 Å². The second-order valence-electron chi connectivity index (χ2n) is 5.06. The molecule has 0 radical (unpaired) electrons. The topological polar surface area (TPSA) is 49.4 Å². The summed E-state index contributed by atoms with van der Waals surface area (Å²) in [5.41, 5.74) is 0.850. The highest BCUT2D eigenvalue weighted by molar-refractivity contribution is 7.89. The molecule has 1 heterocycles. The van der Waals surface area contributed by atoms with Crippen molar-refractivity contribution < 1.29 is 8.42 Å². The largest absolute Gasteiger partial charge is 0.370 e. The third-order valence-corrected chi connectivity index (χ3v) is 5.07. The van der Waals surface area contributed by atoms with Gasteiger partial charge in [-0.05, 0) is 37.8 Å². The molecule has 3 rings (SSSR count). The van der Waals surface area contributed by atoms with Crippen LogP contribution in [-0.2, 0) is 10.0 Å². The van der Waals surface area contributed by atoms with Crippen molar-refractivity contribution in [1.29, 1.82) is 0 Å². The molecule has 2 aliphatic rings. The van der Waals surface area contributed by atoms with Crippen LogP contribution in [0.1, 0.15) is 25.7 Å². The molecule has 0 atom stereocenters. The second-order valence-corrected chi connectivity index (χ2v) is 6.74. The van der Waals surface area contributed by atoms with Gasteiger partial charge in [0.1, 0.15) is 4.90 Å². The van der Waals surface area contributed by atoms with Crippen molar-refractivity contribution in [3.63, 3.8) is 0 Å². The fraction of sp³-hybridized carbons (Fsp3) is 0.538. The number of benzene rings is 1. The first-order chi connectivity index (χ1) is 8.67. The molecule has 0 unspecified atom stereocenters. The van der Waals surface area contributed by atoms with Gasteiger partial charge in [-0.3, -0.25) is 0 Å². The highest BCUT2D eigenvalue weighted by atomic mass is 32.2. The van der Waals surface area contributed by atoms with E-state index in [0.717, 1.165) is 44.5 Å².